The number of nitrogens with zero attached hydrogens (tertiary/aromatic N) is 2. The van der Waals surface area contributed by atoms with Crippen LogP contribution in [0.4, 0.5) is 23.2 Å². The van der Waals surface area contributed by atoms with Gasteiger partial charge in [0.15, 0.2) is 5.84 Å². The number of fused-ring (bicyclic) bond motifs is 2. The van der Waals surface area contributed by atoms with Crippen molar-refractivity contribution in [2.24, 2.45) is 10.9 Å². The van der Waals surface area contributed by atoms with Crippen molar-refractivity contribution in [3.05, 3.63) is 53.5 Å². The van der Waals surface area contributed by atoms with Crippen molar-refractivity contribution in [2.45, 2.75) is 24.6 Å². The molecule has 8 heteroatoms. The minimum atomic E-state index is -4.87. The maximum absolute atomic E-state index is 14.3. The summed E-state index contributed by atoms with van der Waals surface area (Å²) in [4.78, 5) is 4.07. The van der Waals surface area contributed by atoms with Crippen molar-refractivity contribution >= 4 is 11.5 Å². The van der Waals surface area contributed by atoms with Crippen LogP contribution in [0.25, 0.3) is 0 Å². The molecule has 3 aliphatic rings. The minimum Gasteiger partial charge on any atom is -0.356 e. The van der Waals surface area contributed by atoms with E-state index in [0.717, 1.165) is 31.0 Å². The molecule has 1 saturated carbocycles. The van der Waals surface area contributed by atoms with Gasteiger partial charge >= 0.3 is 6.18 Å². The maximum Gasteiger partial charge on any atom is 0.426 e. The molecule has 1 aliphatic carbocycles. The molecule has 0 unspecified atom stereocenters. The van der Waals surface area contributed by atoms with E-state index in [-0.39, 0.29) is 29.6 Å². The van der Waals surface area contributed by atoms with E-state index >= 15 is 0 Å². The first kappa shape index (κ1) is 16.3. The summed E-state index contributed by atoms with van der Waals surface area (Å²) < 4.78 is 62.1. The van der Waals surface area contributed by atoms with Crippen LogP contribution < -0.4 is 0 Å². The van der Waals surface area contributed by atoms with Gasteiger partial charge in [0.1, 0.15) is 5.82 Å². The van der Waals surface area contributed by atoms with Crippen molar-refractivity contribution in [2.75, 3.05) is 6.61 Å². The van der Waals surface area contributed by atoms with Crippen LogP contribution in [0.3, 0.4) is 0 Å². The van der Waals surface area contributed by atoms with Crippen molar-refractivity contribution in [1.29, 1.82) is 0 Å². The van der Waals surface area contributed by atoms with Crippen LogP contribution in [0.5, 0.6) is 0 Å². The van der Waals surface area contributed by atoms with Gasteiger partial charge in [-0.1, -0.05) is 6.08 Å². The van der Waals surface area contributed by atoms with E-state index in [1.807, 2.05) is 0 Å². The first-order valence-electron chi connectivity index (χ1n) is 7.80. The van der Waals surface area contributed by atoms with Gasteiger partial charge in [0, 0.05) is 17.3 Å². The highest BCUT2D eigenvalue weighted by Crippen LogP contribution is 2.54. The lowest BCUT2D eigenvalue weighted by Crippen LogP contribution is -2.52. The predicted molar refractivity (Wildman–Crippen MR) is 80.8 cm³/mol. The minimum absolute atomic E-state index is 0.0588. The first-order valence-corrected chi connectivity index (χ1v) is 7.80. The number of amidine groups is 1. The van der Waals surface area contributed by atoms with Gasteiger partial charge in [0.2, 0.25) is 5.60 Å². The number of rotatable bonds is 3. The fourth-order valence-corrected chi connectivity index (χ4v) is 3.09. The molecule has 4 nitrogen and oxygen atoms in total. The molecule has 1 aromatic carbocycles. The maximum atomic E-state index is 14.3. The zero-order chi connectivity index (χ0) is 17.8. The molecule has 0 amide bonds. The molecule has 0 saturated heterocycles. The molecule has 1 aromatic rings. The summed E-state index contributed by atoms with van der Waals surface area (Å²) >= 11 is 0. The molecule has 0 aromatic heterocycles. The Kier molecular flexibility index (Phi) is 3.52. The molecule has 0 radical (unpaired) electrons. The normalized spacial score (nSPS) is 25.2. The third-order valence-corrected chi connectivity index (χ3v) is 4.52. The van der Waals surface area contributed by atoms with Crippen molar-refractivity contribution in [1.82, 2.24) is 5.06 Å². The van der Waals surface area contributed by atoms with Gasteiger partial charge < -0.3 is 4.74 Å². The number of alkyl halides is 3. The summed E-state index contributed by atoms with van der Waals surface area (Å²) in [6.07, 6.45) is 0.369. The first-order chi connectivity index (χ1) is 11.8. The zero-order valence-electron chi connectivity index (χ0n) is 12.9. The van der Waals surface area contributed by atoms with Crippen LogP contribution in [0.1, 0.15) is 18.4 Å². The van der Waals surface area contributed by atoms with Crippen LogP contribution in [0.15, 0.2) is 47.1 Å². The van der Waals surface area contributed by atoms with Crippen LogP contribution in [-0.2, 0) is 10.3 Å². The van der Waals surface area contributed by atoms with Crippen LogP contribution in [0.2, 0.25) is 0 Å². The van der Waals surface area contributed by atoms with Crippen LogP contribution >= 0.6 is 0 Å². The summed E-state index contributed by atoms with van der Waals surface area (Å²) in [5.74, 6) is -1.04. The molecule has 0 spiro atoms. The Bertz CT molecular complexity index is 811. The van der Waals surface area contributed by atoms with E-state index in [0.29, 0.717) is 5.06 Å². The zero-order valence-corrected chi connectivity index (χ0v) is 12.9. The largest absolute Gasteiger partial charge is 0.426 e. The second-order valence-electron chi connectivity index (χ2n) is 6.30. The van der Waals surface area contributed by atoms with Crippen molar-refractivity contribution in [3.8, 4) is 0 Å². The van der Waals surface area contributed by atoms with E-state index in [1.54, 1.807) is 0 Å². The number of aliphatic imine (C=N–C) groups is 1. The topological polar surface area (TPSA) is 45.1 Å². The number of hydrogen-bond donors (Lipinski definition) is 1. The predicted octanol–water partition coefficient (Wildman–Crippen LogP) is 4.20. The highest BCUT2D eigenvalue weighted by atomic mass is 19.4. The van der Waals surface area contributed by atoms with Gasteiger partial charge in [-0.05, 0) is 43.0 Å². The Labute approximate surface area is 140 Å². The van der Waals surface area contributed by atoms with Gasteiger partial charge in [0.25, 0.3) is 0 Å². The summed E-state index contributed by atoms with van der Waals surface area (Å²) in [5.41, 5.74) is -3.73. The number of ether oxygens (including phenoxy) is 1. The highest BCUT2D eigenvalue weighted by molar-refractivity contribution is 6.05. The Hall–Kier alpha value is -2.19. The molecule has 25 heavy (non-hydrogen) atoms. The van der Waals surface area contributed by atoms with E-state index in [4.69, 9.17) is 4.74 Å². The van der Waals surface area contributed by atoms with Gasteiger partial charge in [0.05, 0.1) is 12.3 Å². The van der Waals surface area contributed by atoms with E-state index in [1.165, 1.54) is 18.4 Å². The molecule has 4 rings (SSSR count). The van der Waals surface area contributed by atoms with E-state index in [2.05, 4.69) is 4.99 Å². The second-order valence-corrected chi connectivity index (χ2v) is 6.30. The van der Waals surface area contributed by atoms with E-state index < -0.39 is 23.2 Å². The van der Waals surface area contributed by atoms with Crippen molar-refractivity contribution in [3.63, 3.8) is 0 Å². The van der Waals surface area contributed by atoms with Gasteiger partial charge in [-0.2, -0.15) is 13.2 Å². The van der Waals surface area contributed by atoms with Gasteiger partial charge in [-0.25, -0.2) is 14.4 Å². The highest BCUT2D eigenvalue weighted by Gasteiger charge is 2.64. The van der Waals surface area contributed by atoms with Crippen LogP contribution in [-0.4, -0.2) is 28.9 Å². The molecule has 0 bridgehead atoms. The lowest BCUT2D eigenvalue weighted by atomic mass is 9.80. The number of allylic oxidation sites excluding steroid dienone is 2. The Morgan fingerprint density at radius 3 is 2.76 bits per heavy atom. The van der Waals surface area contributed by atoms with Gasteiger partial charge in [-0.3, -0.25) is 5.21 Å². The quantitative estimate of drug-likeness (QED) is 0.828. The number of benzene rings is 1. The molecular formula is C17H14F4N2O2. The Morgan fingerprint density at radius 1 is 1.32 bits per heavy atom. The third-order valence-electron chi connectivity index (χ3n) is 4.52. The standard InChI is InChI=1S/C17H14F4N2O2/c18-11-5-6-14-13(8-11)16(17(19,20)21,25-9-10-3-4-10)12-2-1-7-23(24)15(12)22-14/h1-2,5-8,10,24H,3-4,9H2/t16-/m1/s1. The summed E-state index contributed by atoms with van der Waals surface area (Å²) in [6, 6.07) is 2.98. The molecule has 1 N–H and O–H groups in total. The molecule has 1 atom stereocenters. The second kappa shape index (κ2) is 5.40. The van der Waals surface area contributed by atoms with Gasteiger partial charge in [-0.15, -0.1) is 0 Å². The third kappa shape index (κ3) is 2.47. The molecular weight excluding hydrogens is 340 g/mol. The fourth-order valence-electron chi connectivity index (χ4n) is 3.09. The summed E-state index contributed by atoms with van der Waals surface area (Å²) in [6.45, 7) is -0.102. The Balaban J connectivity index is 1.97. The van der Waals surface area contributed by atoms with E-state index in [9.17, 15) is 22.8 Å². The van der Waals surface area contributed by atoms with Crippen LogP contribution in [0, 0.1) is 11.7 Å². The van der Waals surface area contributed by atoms with Crippen molar-refractivity contribution < 1.29 is 27.5 Å². The monoisotopic (exact) mass is 354 g/mol. The average Bonchev–Trinajstić information content (AvgIpc) is 3.36. The fraction of sp³-hybridized carbons (Fsp3) is 0.353. The molecule has 2 aliphatic heterocycles. The lowest BCUT2D eigenvalue weighted by molar-refractivity contribution is -0.268. The SMILES string of the molecule is ON1C=CC=C2C1=Nc1ccc(F)cc1[C@@]2(OCC1CC1)C(F)(F)F. The molecule has 2 heterocycles. The lowest BCUT2D eigenvalue weighted by Gasteiger charge is -2.42. The average molecular weight is 354 g/mol. The number of halogens is 4. The molecule has 132 valence electrons. The Morgan fingerprint density at radius 2 is 2.08 bits per heavy atom. The number of hydroxylamine groups is 2. The summed E-state index contributed by atoms with van der Waals surface area (Å²) in [5, 5.41) is 10.5. The smallest absolute Gasteiger partial charge is 0.356 e. The summed E-state index contributed by atoms with van der Waals surface area (Å²) in [7, 11) is 0. The number of hydrogen-bond acceptors (Lipinski definition) is 4. The molecule has 1 fully saturated rings.